The lowest BCUT2D eigenvalue weighted by molar-refractivity contribution is 0.295. The van der Waals surface area contributed by atoms with Crippen LogP contribution in [0.15, 0.2) is 36.8 Å². The van der Waals surface area contributed by atoms with E-state index in [0.29, 0.717) is 6.61 Å². The number of hydrogen-bond acceptors (Lipinski definition) is 3. The van der Waals surface area contributed by atoms with Gasteiger partial charge in [0.15, 0.2) is 0 Å². The molecule has 4 nitrogen and oxygen atoms in total. The predicted octanol–water partition coefficient (Wildman–Crippen LogP) is 2.20. The molecule has 0 aliphatic heterocycles. The number of aromatic nitrogens is 2. The van der Waals surface area contributed by atoms with Crippen LogP contribution in [-0.2, 0) is 19.7 Å². The molecule has 0 unspecified atom stereocenters. The maximum absolute atomic E-state index is 5.74. The van der Waals surface area contributed by atoms with Crippen molar-refractivity contribution in [3.63, 3.8) is 0 Å². The van der Waals surface area contributed by atoms with Gasteiger partial charge in [-0.3, -0.25) is 0 Å². The molecule has 1 aromatic carbocycles. The van der Waals surface area contributed by atoms with Crippen molar-refractivity contribution in [2.75, 3.05) is 7.05 Å². The highest BCUT2D eigenvalue weighted by Crippen LogP contribution is 2.14. The van der Waals surface area contributed by atoms with Crippen molar-refractivity contribution in [2.24, 2.45) is 0 Å². The fourth-order valence-electron chi connectivity index (χ4n) is 1.82. The first-order valence-electron chi connectivity index (χ1n) is 6.19. The third-order valence-corrected chi connectivity index (χ3v) is 2.83. The Labute approximate surface area is 108 Å². The van der Waals surface area contributed by atoms with E-state index in [9.17, 15) is 0 Å². The van der Waals surface area contributed by atoms with Crippen molar-refractivity contribution < 1.29 is 4.74 Å². The number of rotatable bonds is 6. The van der Waals surface area contributed by atoms with E-state index in [1.54, 1.807) is 0 Å². The summed E-state index contributed by atoms with van der Waals surface area (Å²) in [7, 11) is 1.94. The fraction of sp³-hybridized carbons (Fsp3) is 0.357. The van der Waals surface area contributed by atoms with Crippen molar-refractivity contribution >= 4 is 0 Å². The maximum Gasteiger partial charge on any atom is 0.130 e. The largest absolute Gasteiger partial charge is 0.487 e. The Bertz CT molecular complexity index is 476. The Morgan fingerprint density at radius 1 is 1.28 bits per heavy atom. The highest BCUT2D eigenvalue weighted by atomic mass is 16.5. The summed E-state index contributed by atoms with van der Waals surface area (Å²) >= 11 is 0. The van der Waals surface area contributed by atoms with Gasteiger partial charge in [-0.2, -0.15) is 0 Å². The number of aryl methyl sites for hydroxylation is 1. The third kappa shape index (κ3) is 3.11. The molecule has 2 aromatic rings. The van der Waals surface area contributed by atoms with Crippen LogP contribution in [0.4, 0.5) is 0 Å². The molecule has 0 bridgehead atoms. The number of nitrogens with one attached hydrogen (secondary N) is 1. The molecule has 96 valence electrons. The van der Waals surface area contributed by atoms with Gasteiger partial charge in [-0.15, -0.1) is 0 Å². The highest BCUT2D eigenvalue weighted by molar-refractivity contribution is 5.27. The Morgan fingerprint density at radius 3 is 2.72 bits per heavy atom. The molecule has 0 amide bonds. The predicted molar refractivity (Wildman–Crippen MR) is 71.4 cm³/mol. The van der Waals surface area contributed by atoms with Gasteiger partial charge >= 0.3 is 0 Å². The van der Waals surface area contributed by atoms with Gasteiger partial charge < -0.3 is 14.6 Å². The SMILES string of the molecule is CCn1cncc1COc1ccc(CNC)cc1. The van der Waals surface area contributed by atoms with E-state index in [1.165, 1.54) is 5.56 Å². The topological polar surface area (TPSA) is 39.1 Å². The Hall–Kier alpha value is -1.81. The minimum Gasteiger partial charge on any atom is -0.487 e. The fourth-order valence-corrected chi connectivity index (χ4v) is 1.82. The van der Waals surface area contributed by atoms with Crippen molar-refractivity contribution in [2.45, 2.75) is 26.6 Å². The average molecular weight is 245 g/mol. The number of nitrogens with zero attached hydrogens (tertiary/aromatic N) is 2. The van der Waals surface area contributed by atoms with Crippen LogP contribution >= 0.6 is 0 Å². The molecule has 0 saturated carbocycles. The maximum atomic E-state index is 5.74. The van der Waals surface area contributed by atoms with Crippen LogP contribution in [0.5, 0.6) is 5.75 Å². The molecule has 2 rings (SSSR count). The standard InChI is InChI=1S/C14H19N3O/c1-3-17-11-16-9-13(17)10-18-14-6-4-12(5-7-14)8-15-2/h4-7,9,11,15H,3,8,10H2,1-2H3. The molecule has 0 atom stereocenters. The van der Waals surface area contributed by atoms with Crippen LogP contribution in [0.1, 0.15) is 18.2 Å². The van der Waals surface area contributed by atoms with Gasteiger partial charge in [0.1, 0.15) is 12.4 Å². The Kier molecular flexibility index (Phi) is 4.36. The molecule has 18 heavy (non-hydrogen) atoms. The second-order valence-corrected chi connectivity index (χ2v) is 4.13. The molecule has 1 N–H and O–H groups in total. The van der Waals surface area contributed by atoms with Crippen molar-refractivity contribution in [1.29, 1.82) is 0 Å². The molecular formula is C14H19N3O. The van der Waals surface area contributed by atoms with E-state index in [1.807, 2.05) is 31.7 Å². The quantitative estimate of drug-likeness (QED) is 0.848. The first kappa shape index (κ1) is 12.6. The molecule has 1 heterocycles. The lowest BCUT2D eigenvalue weighted by Gasteiger charge is -2.08. The molecule has 1 aromatic heterocycles. The molecule has 0 radical (unpaired) electrons. The van der Waals surface area contributed by atoms with Crippen LogP contribution in [0.25, 0.3) is 0 Å². The van der Waals surface area contributed by atoms with Crippen molar-refractivity contribution in [1.82, 2.24) is 14.9 Å². The zero-order valence-corrected chi connectivity index (χ0v) is 10.9. The van der Waals surface area contributed by atoms with Gasteiger partial charge in [0.05, 0.1) is 18.2 Å². The molecule has 0 saturated heterocycles. The highest BCUT2D eigenvalue weighted by Gasteiger charge is 2.01. The number of imidazole rings is 1. The molecule has 0 aliphatic carbocycles. The third-order valence-electron chi connectivity index (χ3n) is 2.83. The molecule has 0 aliphatic rings. The lowest BCUT2D eigenvalue weighted by Crippen LogP contribution is -2.05. The van der Waals surface area contributed by atoms with E-state index in [-0.39, 0.29) is 0 Å². The molecule has 0 spiro atoms. The van der Waals surface area contributed by atoms with E-state index < -0.39 is 0 Å². The number of hydrogen-bond donors (Lipinski definition) is 1. The van der Waals surface area contributed by atoms with Crippen LogP contribution in [-0.4, -0.2) is 16.6 Å². The van der Waals surface area contributed by atoms with Crippen LogP contribution in [0, 0.1) is 0 Å². The summed E-state index contributed by atoms with van der Waals surface area (Å²) in [6.07, 6.45) is 3.67. The summed E-state index contributed by atoms with van der Waals surface area (Å²) in [6, 6.07) is 8.14. The van der Waals surface area contributed by atoms with Crippen LogP contribution in [0.3, 0.4) is 0 Å². The van der Waals surface area contributed by atoms with Gasteiger partial charge in [0.2, 0.25) is 0 Å². The van der Waals surface area contributed by atoms with Crippen molar-refractivity contribution in [3.05, 3.63) is 48.0 Å². The zero-order chi connectivity index (χ0) is 12.8. The number of ether oxygens (including phenoxy) is 1. The van der Waals surface area contributed by atoms with Gasteiger partial charge in [-0.1, -0.05) is 12.1 Å². The summed E-state index contributed by atoms with van der Waals surface area (Å²) in [5.41, 5.74) is 2.35. The summed E-state index contributed by atoms with van der Waals surface area (Å²) in [5, 5.41) is 3.12. The number of benzene rings is 1. The molecule has 0 fully saturated rings. The monoisotopic (exact) mass is 245 g/mol. The van der Waals surface area contributed by atoms with E-state index >= 15 is 0 Å². The average Bonchev–Trinajstić information content (AvgIpc) is 2.86. The molecular weight excluding hydrogens is 226 g/mol. The lowest BCUT2D eigenvalue weighted by atomic mass is 10.2. The van der Waals surface area contributed by atoms with E-state index in [4.69, 9.17) is 4.74 Å². The first-order chi connectivity index (χ1) is 8.83. The van der Waals surface area contributed by atoms with Gasteiger partial charge in [-0.25, -0.2) is 4.98 Å². The zero-order valence-electron chi connectivity index (χ0n) is 10.9. The van der Waals surface area contributed by atoms with E-state index in [2.05, 4.69) is 33.9 Å². The van der Waals surface area contributed by atoms with Gasteiger partial charge in [0.25, 0.3) is 0 Å². The van der Waals surface area contributed by atoms with Gasteiger partial charge in [0, 0.05) is 13.1 Å². The Balaban J connectivity index is 1.94. The minimum absolute atomic E-state index is 0.555. The normalized spacial score (nSPS) is 10.6. The van der Waals surface area contributed by atoms with E-state index in [0.717, 1.165) is 24.5 Å². The Morgan fingerprint density at radius 2 is 2.06 bits per heavy atom. The second-order valence-electron chi connectivity index (χ2n) is 4.13. The van der Waals surface area contributed by atoms with Crippen LogP contribution < -0.4 is 10.1 Å². The summed E-state index contributed by atoms with van der Waals surface area (Å²) in [5.74, 6) is 0.888. The molecule has 4 heteroatoms. The second kappa shape index (κ2) is 6.21. The van der Waals surface area contributed by atoms with Crippen LogP contribution in [0.2, 0.25) is 0 Å². The van der Waals surface area contributed by atoms with Gasteiger partial charge in [-0.05, 0) is 31.7 Å². The summed E-state index contributed by atoms with van der Waals surface area (Å²) < 4.78 is 7.82. The summed E-state index contributed by atoms with van der Waals surface area (Å²) in [4.78, 5) is 4.12. The summed E-state index contributed by atoms with van der Waals surface area (Å²) in [6.45, 7) is 4.44. The first-order valence-corrected chi connectivity index (χ1v) is 6.19. The van der Waals surface area contributed by atoms with Crippen molar-refractivity contribution in [3.8, 4) is 5.75 Å². The smallest absolute Gasteiger partial charge is 0.130 e. The minimum atomic E-state index is 0.555.